The number of hydrogen-bond acceptors (Lipinski definition) is 5. The van der Waals surface area contributed by atoms with Gasteiger partial charge in [0.2, 0.25) is 0 Å². The monoisotopic (exact) mass is 265 g/mol. The van der Waals surface area contributed by atoms with Gasteiger partial charge in [0.05, 0.1) is 11.2 Å². The SMILES string of the molecule is CCNCc1sc(-c2cscn2)nc1C1CC1. The highest BCUT2D eigenvalue weighted by Gasteiger charge is 2.29. The number of rotatable bonds is 5. The van der Waals surface area contributed by atoms with Crippen LogP contribution in [0.25, 0.3) is 10.7 Å². The summed E-state index contributed by atoms with van der Waals surface area (Å²) >= 11 is 3.43. The van der Waals surface area contributed by atoms with Gasteiger partial charge >= 0.3 is 0 Å². The molecule has 1 saturated carbocycles. The lowest BCUT2D eigenvalue weighted by Gasteiger charge is -2.00. The second-order valence-electron chi connectivity index (χ2n) is 4.26. The van der Waals surface area contributed by atoms with Crippen LogP contribution in [0, 0.1) is 0 Å². The molecular weight excluding hydrogens is 250 g/mol. The molecule has 1 aliphatic carbocycles. The van der Waals surface area contributed by atoms with Crippen molar-refractivity contribution < 1.29 is 0 Å². The van der Waals surface area contributed by atoms with E-state index in [2.05, 4.69) is 22.6 Å². The number of thiazole rings is 2. The predicted octanol–water partition coefficient (Wildman–Crippen LogP) is 3.25. The third kappa shape index (κ3) is 2.41. The van der Waals surface area contributed by atoms with Crippen LogP contribution in [-0.2, 0) is 6.54 Å². The molecule has 1 aliphatic rings. The van der Waals surface area contributed by atoms with Crippen molar-refractivity contribution in [2.45, 2.75) is 32.2 Å². The van der Waals surface area contributed by atoms with Crippen molar-refractivity contribution in [3.8, 4) is 10.7 Å². The lowest BCUT2D eigenvalue weighted by molar-refractivity contribution is 0.727. The second kappa shape index (κ2) is 4.84. The molecule has 1 fully saturated rings. The van der Waals surface area contributed by atoms with Gasteiger partial charge in [0, 0.05) is 22.7 Å². The van der Waals surface area contributed by atoms with Crippen LogP contribution in [0.15, 0.2) is 10.9 Å². The Labute approximate surface area is 109 Å². The molecule has 2 aromatic rings. The van der Waals surface area contributed by atoms with Crippen molar-refractivity contribution in [1.82, 2.24) is 15.3 Å². The zero-order valence-electron chi connectivity index (χ0n) is 9.77. The van der Waals surface area contributed by atoms with Gasteiger partial charge in [-0.1, -0.05) is 6.92 Å². The average molecular weight is 265 g/mol. The number of nitrogens with one attached hydrogen (secondary N) is 1. The Bertz CT molecular complexity index is 486. The minimum atomic E-state index is 0.715. The Kier molecular flexibility index (Phi) is 3.22. The van der Waals surface area contributed by atoms with E-state index in [1.807, 2.05) is 5.51 Å². The van der Waals surface area contributed by atoms with Gasteiger partial charge in [-0.05, 0) is 19.4 Å². The van der Waals surface area contributed by atoms with E-state index in [1.165, 1.54) is 23.4 Å². The van der Waals surface area contributed by atoms with E-state index in [0.717, 1.165) is 23.8 Å². The molecule has 0 amide bonds. The molecular formula is C12H15N3S2. The van der Waals surface area contributed by atoms with Crippen molar-refractivity contribution in [2.24, 2.45) is 0 Å². The molecule has 0 aromatic carbocycles. The molecule has 17 heavy (non-hydrogen) atoms. The first-order valence-electron chi connectivity index (χ1n) is 5.97. The van der Waals surface area contributed by atoms with Crippen LogP contribution in [0.2, 0.25) is 0 Å². The summed E-state index contributed by atoms with van der Waals surface area (Å²) in [7, 11) is 0. The lowest BCUT2D eigenvalue weighted by atomic mass is 10.2. The quantitative estimate of drug-likeness (QED) is 0.901. The van der Waals surface area contributed by atoms with Gasteiger partial charge < -0.3 is 5.32 Å². The number of nitrogens with zero attached hydrogens (tertiary/aromatic N) is 2. The van der Waals surface area contributed by atoms with E-state index >= 15 is 0 Å². The van der Waals surface area contributed by atoms with Crippen LogP contribution < -0.4 is 5.32 Å². The summed E-state index contributed by atoms with van der Waals surface area (Å²) in [4.78, 5) is 10.5. The number of aromatic nitrogens is 2. The van der Waals surface area contributed by atoms with Crippen LogP contribution in [0.3, 0.4) is 0 Å². The Morgan fingerprint density at radius 3 is 3.00 bits per heavy atom. The largest absolute Gasteiger partial charge is 0.312 e. The van der Waals surface area contributed by atoms with Gasteiger partial charge in [-0.25, -0.2) is 9.97 Å². The normalized spacial score (nSPS) is 15.4. The molecule has 3 nitrogen and oxygen atoms in total. The maximum atomic E-state index is 4.79. The maximum absolute atomic E-state index is 4.79. The highest BCUT2D eigenvalue weighted by atomic mass is 32.1. The van der Waals surface area contributed by atoms with Crippen LogP contribution in [0.1, 0.15) is 36.3 Å². The van der Waals surface area contributed by atoms with E-state index in [9.17, 15) is 0 Å². The Morgan fingerprint density at radius 1 is 1.47 bits per heavy atom. The predicted molar refractivity (Wildman–Crippen MR) is 72.6 cm³/mol. The van der Waals surface area contributed by atoms with Crippen LogP contribution in [0.5, 0.6) is 0 Å². The summed E-state index contributed by atoms with van der Waals surface area (Å²) in [5, 5.41) is 6.56. The molecule has 90 valence electrons. The Hall–Kier alpha value is -0.780. The van der Waals surface area contributed by atoms with Crippen LogP contribution in [-0.4, -0.2) is 16.5 Å². The van der Waals surface area contributed by atoms with Crippen LogP contribution >= 0.6 is 22.7 Å². The summed E-state index contributed by atoms with van der Waals surface area (Å²) < 4.78 is 0. The highest BCUT2D eigenvalue weighted by molar-refractivity contribution is 7.15. The molecule has 0 bridgehead atoms. The van der Waals surface area contributed by atoms with Gasteiger partial charge in [0.25, 0.3) is 0 Å². The van der Waals surface area contributed by atoms with E-state index in [4.69, 9.17) is 4.98 Å². The molecule has 2 aromatic heterocycles. The summed E-state index contributed by atoms with van der Waals surface area (Å²) in [6, 6.07) is 0. The molecule has 0 radical (unpaired) electrons. The molecule has 1 N–H and O–H groups in total. The van der Waals surface area contributed by atoms with Crippen molar-refractivity contribution in [3.63, 3.8) is 0 Å². The first kappa shape index (κ1) is 11.3. The number of hydrogen-bond donors (Lipinski definition) is 1. The molecule has 0 unspecified atom stereocenters. The smallest absolute Gasteiger partial charge is 0.143 e. The zero-order valence-corrected chi connectivity index (χ0v) is 11.4. The molecule has 0 saturated heterocycles. The molecule has 0 atom stereocenters. The first-order valence-corrected chi connectivity index (χ1v) is 7.73. The second-order valence-corrected chi connectivity index (χ2v) is 6.06. The minimum absolute atomic E-state index is 0.715. The Morgan fingerprint density at radius 2 is 2.35 bits per heavy atom. The van der Waals surface area contributed by atoms with Crippen molar-refractivity contribution >= 4 is 22.7 Å². The van der Waals surface area contributed by atoms with Gasteiger partial charge in [0.1, 0.15) is 10.7 Å². The van der Waals surface area contributed by atoms with E-state index in [1.54, 1.807) is 22.7 Å². The van der Waals surface area contributed by atoms with Crippen molar-refractivity contribution in [2.75, 3.05) is 6.54 Å². The maximum Gasteiger partial charge on any atom is 0.143 e. The Balaban J connectivity index is 1.90. The van der Waals surface area contributed by atoms with Crippen molar-refractivity contribution in [1.29, 1.82) is 0 Å². The summed E-state index contributed by atoms with van der Waals surface area (Å²) in [6.07, 6.45) is 2.61. The fourth-order valence-electron chi connectivity index (χ4n) is 1.83. The van der Waals surface area contributed by atoms with E-state index in [-0.39, 0.29) is 0 Å². The summed E-state index contributed by atoms with van der Waals surface area (Å²) in [5.41, 5.74) is 4.22. The molecule has 0 aliphatic heterocycles. The molecule has 5 heteroatoms. The fourth-order valence-corrected chi connectivity index (χ4v) is 3.53. The van der Waals surface area contributed by atoms with Crippen molar-refractivity contribution in [3.05, 3.63) is 21.5 Å². The summed E-state index contributed by atoms with van der Waals surface area (Å²) in [5.74, 6) is 0.715. The molecule has 3 rings (SSSR count). The van der Waals surface area contributed by atoms with Gasteiger partial charge in [0.15, 0.2) is 0 Å². The lowest BCUT2D eigenvalue weighted by Crippen LogP contribution is -2.11. The highest BCUT2D eigenvalue weighted by Crippen LogP contribution is 2.44. The van der Waals surface area contributed by atoms with Gasteiger partial charge in [-0.15, -0.1) is 22.7 Å². The third-order valence-corrected chi connectivity index (χ3v) is 4.56. The molecule has 2 heterocycles. The average Bonchev–Trinajstić information content (AvgIpc) is 2.90. The minimum Gasteiger partial charge on any atom is -0.312 e. The molecule has 0 spiro atoms. The van der Waals surface area contributed by atoms with Gasteiger partial charge in [-0.3, -0.25) is 0 Å². The van der Waals surface area contributed by atoms with Crippen LogP contribution in [0.4, 0.5) is 0 Å². The summed E-state index contributed by atoms with van der Waals surface area (Å²) in [6.45, 7) is 4.09. The third-order valence-electron chi connectivity index (χ3n) is 2.88. The van der Waals surface area contributed by atoms with Gasteiger partial charge in [-0.2, -0.15) is 0 Å². The first-order chi connectivity index (χ1) is 8.38. The van der Waals surface area contributed by atoms with E-state index < -0.39 is 0 Å². The van der Waals surface area contributed by atoms with E-state index in [0.29, 0.717) is 5.92 Å². The fraction of sp³-hybridized carbons (Fsp3) is 0.500. The zero-order chi connectivity index (χ0) is 11.7. The topological polar surface area (TPSA) is 37.8 Å². The standard InChI is InChI=1S/C12H15N3S2/c1-2-13-5-10-11(8-3-4-8)15-12(17-10)9-6-16-7-14-9/h6-8,13H,2-5H2,1H3.